The van der Waals surface area contributed by atoms with Gasteiger partial charge in [-0.3, -0.25) is 14.4 Å². The van der Waals surface area contributed by atoms with Crippen LogP contribution in [0.25, 0.3) is 0 Å². The van der Waals surface area contributed by atoms with Crippen LogP contribution in [0.1, 0.15) is 55.4 Å². The number of carbonyl (C=O) groups excluding carboxylic acids is 3. The number of nitrogens with one attached hydrogen (secondary N) is 3. The van der Waals surface area contributed by atoms with E-state index in [1.807, 2.05) is 44.2 Å². The maximum absolute atomic E-state index is 13.0. The van der Waals surface area contributed by atoms with Crippen LogP contribution in [0.2, 0.25) is 0 Å². The van der Waals surface area contributed by atoms with Crippen molar-refractivity contribution in [3.05, 3.63) is 119 Å². The fourth-order valence-electron chi connectivity index (χ4n) is 3.57. The van der Waals surface area contributed by atoms with Crippen LogP contribution in [0.5, 0.6) is 0 Å². The van der Waals surface area contributed by atoms with Crippen molar-refractivity contribution in [2.75, 3.05) is 10.6 Å². The fourth-order valence-corrected chi connectivity index (χ4v) is 3.57. The van der Waals surface area contributed by atoms with E-state index in [0.717, 1.165) is 11.1 Å². The second kappa shape index (κ2) is 10.5. The van der Waals surface area contributed by atoms with Gasteiger partial charge in [-0.15, -0.1) is 0 Å². The molecule has 176 valence electrons. The first kappa shape index (κ1) is 23.5. The highest BCUT2D eigenvalue weighted by Crippen LogP contribution is 2.22. The van der Waals surface area contributed by atoms with Crippen LogP contribution in [0.15, 0.2) is 95.6 Å². The van der Waals surface area contributed by atoms with Crippen LogP contribution in [-0.4, -0.2) is 17.7 Å². The average molecular weight is 468 g/mol. The predicted molar refractivity (Wildman–Crippen MR) is 135 cm³/mol. The number of amides is 3. The quantitative estimate of drug-likeness (QED) is 0.330. The monoisotopic (exact) mass is 467 g/mol. The largest absolute Gasteiger partial charge is 0.459 e. The molecule has 4 rings (SSSR count). The summed E-state index contributed by atoms with van der Waals surface area (Å²) in [5.41, 5.74) is 3.32. The van der Waals surface area contributed by atoms with Gasteiger partial charge in [-0.1, -0.05) is 48.5 Å². The molecule has 7 heteroatoms. The minimum atomic E-state index is -0.412. The summed E-state index contributed by atoms with van der Waals surface area (Å²) in [7, 11) is 0. The SMILES string of the molecule is Cc1ccc(C(=O)Nc2ccccc2C(=O)NC(C)c2ccccc2)cc1NC(=O)c1ccco1. The van der Waals surface area contributed by atoms with E-state index in [1.54, 1.807) is 54.6 Å². The molecule has 35 heavy (non-hydrogen) atoms. The number of furan rings is 1. The zero-order valence-electron chi connectivity index (χ0n) is 19.4. The first-order valence-electron chi connectivity index (χ1n) is 11.1. The van der Waals surface area contributed by atoms with Gasteiger partial charge in [0.1, 0.15) is 0 Å². The van der Waals surface area contributed by atoms with E-state index in [4.69, 9.17) is 4.42 Å². The maximum Gasteiger partial charge on any atom is 0.291 e. The minimum Gasteiger partial charge on any atom is -0.459 e. The third kappa shape index (κ3) is 5.65. The number of para-hydroxylation sites is 1. The van der Waals surface area contributed by atoms with Gasteiger partial charge in [0.05, 0.1) is 23.6 Å². The van der Waals surface area contributed by atoms with Gasteiger partial charge in [-0.05, 0) is 61.4 Å². The van der Waals surface area contributed by atoms with Gasteiger partial charge in [-0.25, -0.2) is 0 Å². The first-order valence-corrected chi connectivity index (χ1v) is 11.1. The number of hydrogen-bond acceptors (Lipinski definition) is 4. The van der Waals surface area contributed by atoms with Gasteiger partial charge >= 0.3 is 0 Å². The highest BCUT2D eigenvalue weighted by molar-refractivity contribution is 6.10. The molecule has 0 fully saturated rings. The van der Waals surface area contributed by atoms with Crippen LogP contribution in [-0.2, 0) is 0 Å². The lowest BCUT2D eigenvalue weighted by Crippen LogP contribution is -2.28. The molecular weight excluding hydrogens is 442 g/mol. The van der Waals surface area contributed by atoms with Crippen molar-refractivity contribution in [1.29, 1.82) is 0 Å². The number of hydrogen-bond donors (Lipinski definition) is 3. The van der Waals surface area contributed by atoms with E-state index < -0.39 is 11.8 Å². The van der Waals surface area contributed by atoms with Crippen molar-refractivity contribution in [3.8, 4) is 0 Å². The molecule has 1 unspecified atom stereocenters. The fraction of sp³-hybridized carbons (Fsp3) is 0.107. The maximum atomic E-state index is 13.0. The Labute approximate surface area is 203 Å². The molecule has 3 N–H and O–H groups in total. The number of anilines is 2. The number of aryl methyl sites for hydroxylation is 1. The van der Waals surface area contributed by atoms with Crippen molar-refractivity contribution in [1.82, 2.24) is 5.32 Å². The van der Waals surface area contributed by atoms with Crippen molar-refractivity contribution in [2.45, 2.75) is 19.9 Å². The molecule has 1 heterocycles. The summed E-state index contributed by atoms with van der Waals surface area (Å²) in [6.45, 7) is 3.73. The second-order valence-electron chi connectivity index (χ2n) is 8.07. The topological polar surface area (TPSA) is 100 Å². The highest BCUT2D eigenvalue weighted by Gasteiger charge is 2.18. The van der Waals surface area contributed by atoms with Crippen LogP contribution >= 0.6 is 0 Å². The molecule has 7 nitrogen and oxygen atoms in total. The molecule has 1 atom stereocenters. The summed E-state index contributed by atoms with van der Waals surface area (Å²) >= 11 is 0. The van der Waals surface area contributed by atoms with E-state index in [-0.39, 0.29) is 17.7 Å². The smallest absolute Gasteiger partial charge is 0.291 e. The second-order valence-corrected chi connectivity index (χ2v) is 8.07. The molecule has 0 aliphatic rings. The minimum absolute atomic E-state index is 0.170. The number of benzene rings is 3. The Morgan fingerprint density at radius 3 is 2.20 bits per heavy atom. The van der Waals surface area contributed by atoms with E-state index in [2.05, 4.69) is 16.0 Å². The van der Waals surface area contributed by atoms with Crippen molar-refractivity contribution in [2.24, 2.45) is 0 Å². The molecule has 0 saturated heterocycles. The van der Waals surface area contributed by atoms with Gasteiger partial charge < -0.3 is 20.4 Å². The lowest BCUT2D eigenvalue weighted by Gasteiger charge is -2.16. The van der Waals surface area contributed by atoms with Gasteiger partial charge in [-0.2, -0.15) is 0 Å². The molecule has 4 aromatic rings. The molecule has 0 aliphatic heterocycles. The number of rotatable bonds is 7. The van der Waals surface area contributed by atoms with Gasteiger partial charge in [0.25, 0.3) is 17.7 Å². The molecule has 0 saturated carbocycles. The molecule has 1 aromatic heterocycles. The Kier molecular flexibility index (Phi) is 7.07. The summed E-state index contributed by atoms with van der Waals surface area (Å²) in [5, 5.41) is 8.55. The highest BCUT2D eigenvalue weighted by atomic mass is 16.3. The van der Waals surface area contributed by atoms with Crippen molar-refractivity contribution in [3.63, 3.8) is 0 Å². The van der Waals surface area contributed by atoms with Gasteiger partial charge in [0.15, 0.2) is 5.76 Å². The molecule has 0 aliphatic carbocycles. The Hall–Kier alpha value is -4.65. The molecule has 0 spiro atoms. The average Bonchev–Trinajstić information content (AvgIpc) is 3.41. The zero-order chi connectivity index (χ0) is 24.8. The van der Waals surface area contributed by atoms with Crippen LogP contribution < -0.4 is 16.0 Å². The van der Waals surface area contributed by atoms with Crippen LogP contribution in [0, 0.1) is 6.92 Å². The Bertz CT molecular complexity index is 1350. The zero-order valence-corrected chi connectivity index (χ0v) is 19.4. The third-order valence-electron chi connectivity index (χ3n) is 5.56. The van der Waals surface area contributed by atoms with Crippen LogP contribution in [0.4, 0.5) is 11.4 Å². The summed E-state index contributed by atoms with van der Waals surface area (Å²) in [6, 6.07) is 24.4. The molecule has 3 amide bonds. The lowest BCUT2D eigenvalue weighted by molar-refractivity contribution is 0.0939. The van der Waals surface area contributed by atoms with Crippen LogP contribution in [0.3, 0.4) is 0 Å². The first-order chi connectivity index (χ1) is 16.9. The standard InChI is InChI=1S/C28H25N3O4/c1-18-14-15-21(17-24(18)31-28(34)25-13-8-16-35-25)26(32)30-23-12-7-6-11-22(23)27(33)29-19(2)20-9-4-3-5-10-20/h3-17,19H,1-2H3,(H,29,33)(H,30,32)(H,31,34). The van der Waals surface area contributed by atoms with E-state index in [1.165, 1.54) is 6.26 Å². The summed E-state index contributed by atoms with van der Waals surface area (Å²) in [6.07, 6.45) is 1.42. The van der Waals surface area contributed by atoms with Gasteiger partial charge in [0.2, 0.25) is 0 Å². The van der Waals surface area contributed by atoms with E-state index in [0.29, 0.717) is 22.5 Å². The third-order valence-corrected chi connectivity index (χ3v) is 5.56. The lowest BCUT2D eigenvalue weighted by atomic mass is 10.1. The Morgan fingerprint density at radius 1 is 0.743 bits per heavy atom. The predicted octanol–water partition coefficient (Wildman–Crippen LogP) is 5.58. The van der Waals surface area contributed by atoms with E-state index in [9.17, 15) is 14.4 Å². The van der Waals surface area contributed by atoms with Crippen molar-refractivity contribution < 1.29 is 18.8 Å². The summed E-state index contributed by atoms with van der Waals surface area (Å²) in [5.74, 6) is -0.948. The number of carbonyl (C=O) groups is 3. The Balaban J connectivity index is 1.49. The molecule has 0 radical (unpaired) electrons. The molecule has 3 aromatic carbocycles. The molecular formula is C28H25N3O4. The van der Waals surface area contributed by atoms with E-state index >= 15 is 0 Å². The van der Waals surface area contributed by atoms with Gasteiger partial charge in [0, 0.05) is 11.3 Å². The molecule has 0 bridgehead atoms. The Morgan fingerprint density at radius 2 is 1.46 bits per heavy atom. The summed E-state index contributed by atoms with van der Waals surface area (Å²) < 4.78 is 5.13. The summed E-state index contributed by atoms with van der Waals surface area (Å²) in [4.78, 5) is 38.4. The normalized spacial score (nSPS) is 11.4. The van der Waals surface area contributed by atoms with Crippen molar-refractivity contribution >= 4 is 29.1 Å².